The van der Waals surface area contributed by atoms with Crippen LogP contribution in [0, 0.1) is 11.3 Å². The summed E-state index contributed by atoms with van der Waals surface area (Å²) in [6, 6.07) is 7.33. The zero-order chi connectivity index (χ0) is 15.2. The van der Waals surface area contributed by atoms with Gasteiger partial charge in [-0.3, -0.25) is 0 Å². The SMILES string of the molecule is CCOC(=O)/C(C#N)=C\Nc1nc2ccc(OC)cc2s1. The molecule has 1 aromatic carbocycles. The highest BCUT2D eigenvalue weighted by Gasteiger charge is 2.10. The summed E-state index contributed by atoms with van der Waals surface area (Å²) in [5, 5.41) is 12.3. The Morgan fingerprint density at radius 2 is 2.38 bits per heavy atom. The van der Waals surface area contributed by atoms with Gasteiger partial charge in [-0.2, -0.15) is 5.26 Å². The number of esters is 1. The molecule has 0 saturated carbocycles. The van der Waals surface area contributed by atoms with Gasteiger partial charge in [0.25, 0.3) is 0 Å². The highest BCUT2D eigenvalue weighted by molar-refractivity contribution is 7.22. The van der Waals surface area contributed by atoms with E-state index >= 15 is 0 Å². The number of nitrogens with zero attached hydrogens (tertiary/aromatic N) is 2. The van der Waals surface area contributed by atoms with Gasteiger partial charge in [-0.15, -0.1) is 0 Å². The largest absolute Gasteiger partial charge is 0.497 e. The van der Waals surface area contributed by atoms with E-state index in [2.05, 4.69) is 10.3 Å². The fraction of sp³-hybridized carbons (Fsp3) is 0.214. The first-order valence-electron chi connectivity index (χ1n) is 6.16. The van der Waals surface area contributed by atoms with Gasteiger partial charge in [0.2, 0.25) is 0 Å². The molecule has 0 unspecified atom stereocenters. The van der Waals surface area contributed by atoms with E-state index in [0.717, 1.165) is 16.0 Å². The summed E-state index contributed by atoms with van der Waals surface area (Å²) in [5.41, 5.74) is 0.708. The van der Waals surface area contributed by atoms with E-state index in [9.17, 15) is 4.79 Å². The molecule has 0 radical (unpaired) electrons. The molecule has 108 valence electrons. The highest BCUT2D eigenvalue weighted by Crippen LogP contribution is 2.29. The lowest BCUT2D eigenvalue weighted by Crippen LogP contribution is -2.07. The Hall–Kier alpha value is -2.59. The summed E-state index contributed by atoms with van der Waals surface area (Å²) in [7, 11) is 1.60. The van der Waals surface area contributed by atoms with Crippen LogP contribution < -0.4 is 10.1 Å². The Balaban J connectivity index is 2.19. The molecule has 0 saturated heterocycles. The second-order valence-corrected chi connectivity index (χ2v) is 4.92. The molecule has 0 bridgehead atoms. The molecule has 7 heteroatoms. The number of rotatable bonds is 5. The minimum absolute atomic E-state index is 0.103. The van der Waals surface area contributed by atoms with Gasteiger partial charge < -0.3 is 14.8 Å². The average molecular weight is 303 g/mol. The lowest BCUT2D eigenvalue weighted by atomic mass is 10.3. The Bertz CT molecular complexity index is 731. The fourth-order valence-electron chi connectivity index (χ4n) is 1.57. The lowest BCUT2D eigenvalue weighted by molar-refractivity contribution is -0.138. The number of aromatic nitrogens is 1. The minimum atomic E-state index is -0.657. The number of fused-ring (bicyclic) bond motifs is 1. The number of nitrogens with one attached hydrogen (secondary N) is 1. The third kappa shape index (κ3) is 3.49. The number of anilines is 1. The molecule has 21 heavy (non-hydrogen) atoms. The van der Waals surface area contributed by atoms with Gasteiger partial charge in [0, 0.05) is 6.20 Å². The van der Waals surface area contributed by atoms with Crippen molar-refractivity contribution in [2.45, 2.75) is 6.92 Å². The van der Waals surface area contributed by atoms with E-state index in [1.807, 2.05) is 18.2 Å². The van der Waals surface area contributed by atoms with E-state index in [4.69, 9.17) is 14.7 Å². The van der Waals surface area contributed by atoms with Crippen molar-refractivity contribution in [3.05, 3.63) is 30.0 Å². The average Bonchev–Trinajstić information content (AvgIpc) is 2.89. The van der Waals surface area contributed by atoms with Crippen LogP contribution in [-0.4, -0.2) is 24.7 Å². The van der Waals surface area contributed by atoms with Crippen LogP contribution in [0.5, 0.6) is 5.75 Å². The standard InChI is InChI=1S/C14H13N3O3S/c1-3-20-13(18)9(7-15)8-16-14-17-11-5-4-10(19-2)6-12(11)21-14/h4-6,8H,3H2,1-2H3,(H,16,17)/b9-8-. The number of hydrogen-bond donors (Lipinski definition) is 1. The van der Waals surface area contributed by atoms with Crippen LogP contribution >= 0.6 is 11.3 Å². The van der Waals surface area contributed by atoms with Crippen molar-refractivity contribution in [3.8, 4) is 11.8 Å². The third-order valence-electron chi connectivity index (χ3n) is 2.55. The summed E-state index contributed by atoms with van der Waals surface area (Å²) in [6.45, 7) is 1.90. The summed E-state index contributed by atoms with van der Waals surface area (Å²) in [4.78, 5) is 15.8. The first-order valence-corrected chi connectivity index (χ1v) is 6.98. The number of ether oxygens (including phenoxy) is 2. The number of methoxy groups -OCH3 is 1. The number of thiazole rings is 1. The van der Waals surface area contributed by atoms with Crippen molar-refractivity contribution in [2.75, 3.05) is 19.0 Å². The molecule has 0 spiro atoms. The maximum absolute atomic E-state index is 11.5. The molecule has 0 amide bonds. The zero-order valence-electron chi connectivity index (χ0n) is 11.5. The van der Waals surface area contributed by atoms with E-state index in [0.29, 0.717) is 5.13 Å². The van der Waals surface area contributed by atoms with Gasteiger partial charge in [-0.05, 0) is 25.1 Å². The molecule has 1 N–H and O–H groups in total. The van der Waals surface area contributed by atoms with Gasteiger partial charge in [0.05, 0.1) is 23.9 Å². The number of nitriles is 1. The van der Waals surface area contributed by atoms with Crippen LogP contribution in [0.1, 0.15) is 6.92 Å². The molecular weight excluding hydrogens is 290 g/mol. The lowest BCUT2D eigenvalue weighted by Gasteiger charge is -1.99. The first-order chi connectivity index (χ1) is 10.2. The van der Waals surface area contributed by atoms with Gasteiger partial charge in [-0.25, -0.2) is 9.78 Å². The number of carbonyl (C=O) groups is 1. The van der Waals surface area contributed by atoms with E-state index < -0.39 is 5.97 Å². The van der Waals surface area contributed by atoms with Crippen molar-refractivity contribution >= 4 is 32.7 Å². The maximum atomic E-state index is 11.5. The van der Waals surface area contributed by atoms with Crippen molar-refractivity contribution in [1.29, 1.82) is 5.26 Å². The number of benzene rings is 1. The van der Waals surface area contributed by atoms with Crippen LogP contribution in [-0.2, 0) is 9.53 Å². The highest BCUT2D eigenvalue weighted by atomic mass is 32.1. The molecule has 0 aliphatic rings. The van der Waals surface area contributed by atoms with Crippen molar-refractivity contribution < 1.29 is 14.3 Å². The first kappa shape index (κ1) is 14.8. The number of carbonyl (C=O) groups excluding carboxylic acids is 1. The monoisotopic (exact) mass is 303 g/mol. The van der Waals surface area contributed by atoms with Crippen molar-refractivity contribution in [1.82, 2.24) is 4.98 Å². The minimum Gasteiger partial charge on any atom is -0.497 e. The zero-order valence-corrected chi connectivity index (χ0v) is 12.4. The smallest absolute Gasteiger partial charge is 0.350 e. The molecule has 0 aliphatic carbocycles. The second-order valence-electron chi connectivity index (χ2n) is 3.89. The summed E-state index contributed by atoms with van der Waals surface area (Å²) in [6.07, 6.45) is 1.30. The Morgan fingerprint density at radius 1 is 1.57 bits per heavy atom. The molecule has 1 aromatic heterocycles. The van der Waals surface area contributed by atoms with Crippen LogP contribution in [0.4, 0.5) is 5.13 Å². The summed E-state index contributed by atoms with van der Waals surface area (Å²) < 4.78 is 10.9. The molecule has 0 atom stereocenters. The molecule has 0 fully saturated rings. The number of hydrogen-bond acceptors (Lipinski definition) is 7. The van der Waals surface area contributed by atoms with Gasteiger partial charge in [-0.1, -0.05) is 11.3 Å². The summed E-state index contributed by atoms with van der Waals surface area (Å²) in [5.74, 6) is 0.0905. The van der Waals surface area contributed by atoms with Gasteiger partial charge in [0.1, 0.15) is 11.8 Å². The van der Waals surface area contributed by atoms with Crippen LogP contribution in [0.2, 0.25) is 0 Å². The Morgan fingerprint density at radius 3 is 3.05 bits per heavy atom. The topological polar surface area (TPSA) is 84.2 Å². The van der Waals surface area contributed by atoms with E-state index in [-0.39, 0.29) is 12.2 Å². The maximum Gasteiger partial charge on any atom is 0.350 e. The Labute approximate surface area is 125 Å². The van der Waals surface area contributed by atoms with Crippen LogP contribution in [0.15, 0.2) is 30.0 Å². The van der Waals surface area contributed by atoms with Crippen LogP contribution in [0.3, 0.4) is 0 Å². The molecular formula is C14H13N3O3S. The normalized spacial score (nSPS) is 11.0. The fourth-order valence-corrected chi connectivity index (χ4v) is 2.44. The second kappa shape index (κ2) is 6.72. The van der Waals surface area contributed by atoms with Crippen molar-refractivity contribution in [2.24, 2.45) is 0 Å². The third-order valence-corrected chi connectivity index (χ3v) is 3.50. The van der Waals surface area contributed by atoms with Crippen molar-refractivity contribution in [3.63, 3.8) is 0 Å². The predicted octanol–water partition coefficient (Wildman–Crippen LogP) is 2.69. The molecule has 1 heterocycles. The molecule has 2 aromatic rings. The van der Waals surface area contributed by atoms with Gasteiger partial charge in [0.15, 0.2) is 10.7 Å². The molecule has 2 rings (SSSR count). The predicted molar refractivity (Wildman–Crippen MR) is 80.1 cm³/mol. The molecule has 0 aliphatic heterocycles. The Kier molecular flexibility index (Phi) is 4.74. The molecule has 6 nitrogen and oxygen atoms in total. The quantitative estimate of drug-likeness (QED) is 0.519. The van der Waals surface area contributed by atoms with Gasteiger partial charge >= 0.3 is 5.97 Å². The van der Waals surface area contributed by atoms with E-state index in [1.165, 1.54) is 17.5 Å². The summed E-state index contributed by atoms with van der Waals surface area (Å²) >= 11 is 1.40. The van der Waals surface area contributed by atoms with E-state index in [1.54, 1.807) is 20.1 Å². The van der Waals surface area contributed by atoms with Crippen LogP contribution in [0.25, 0.3) is 10.2 Å².